The molecule has 0 bridgehead atoms. The van der Waals surface area contributed by atoms with Crippen molar-refractivity contribution in [2.45, 2.75) is 32.7 Å². The van der Waals surface area contributed by atoms with Gasteiger partial charge < -0.3 is 15.1 Å². The quantitative estimate of drug-likeness (QED) is 0.859. The summed E-state index contributed by atoms with van der Waals surface area (Å²) in [5.74, 6) is 0.704. The van der Waals surface area contributed by atoms with Gasteiger partial charge in [0.05, 0.1) is 17.4 Å². The molecule has 2 aromatic heterocycles. The summed E-state index contributed by atoms with van der Waals surface area (Å²) in [5, 5.41) is 6.59. The van der Waals surface area contributed by atoms with Crippen LogP contribution in [0.25, 0.3) is 0 Å². The molecule has 8 heteroatoms. The molecule has 0 spiro atoms. The van der Waals surface area contributed by atoms with Gasteiger partial charge in [0.25, 0.3) is 5.91 Å². The number of nitrogens with zero attached hydrogens (tertiary/aromatic N) is 5. The fraction of sp³-hybridized carbons (Fsp3) is 0.556. The lowest BCUT2D eigenvalue weighted by Crippen LogP contribution is -2.58. The fourth-order valence-electron chi connectivity index (χ4n) is 3.00. The molecule has 1 N–H and O–H groups in total. The van der Waals surface area contributed by atoms with Crippen molar-refractivity contribution in [1.29, 1.82) is 0 Å². The number of rotatable bonds is 5. The summed E-state index contributed by atoms with van der Waals surface area (Å²) in [6.07, 6.45) is 4.12. The first kappa shape index (κ1) is 18.7. The minimum absolute atomic E-state index is 0.0560. The highest BCUT2D eigenvalue weighted by Gasteiger charge is 2.29. The Hall–Kier alpha value is -2.06. The molecular formula is C18H26N6OS. The summed E-state index contributed by atoms with van der Waals surface area (Å²) in [6.45, 7) is 9.16. The lowest BCUT2D eigenvalue weighted by molar-refractivity contribution is 0.0646. The fourth-order valence-corrected chi connectivity index (χ4v) is 3.77. The number of carbonyl (C=O) groups excluding carboxylic acids is 1. The van der Waals surface area contributed by atoms with E-state index in [-0.39, 0.29) is 11.4 Å². The van der Waals surface area contributed by atoms with E-state index in [1.165, 1.54) is 0 Å². The number of aromatic nitrogens is 3. The van der Waals surface area contributed by atoms with E-state index < -0.39 is 0 Å². The molecule has 140 valence electrons. The second-order valence-corrected chi connectivity index (χ2v) is 8.29. The minimum Gasteiger partial charge on any atom is -0.358 e. The molecule has 0 unspecified atom stereocenters. The Kier molecular flexibility index (Phi) is 5.52. The van der Waals surface area contributed by atoms with Gasteiger partial charge in [0.1, 0.15) is 11.5 Å². The highest BCUT2D eigenvalue weighted by molar-refractivity contribution is 7.09. The first-order valence-corrected chi connectivity index (χ1v) is 9.70. The molecule has 7 nitrogen and oxygen atoms in total. The van der Waals surface area contributed by atoms with Crippen LogP contribution in [0.15, 0.2) is 17.8 Å². The molecule has 1 fully saturated rings. The average Bonchev–Trinajstić information content (AvgIpc) is 3.03. The van der Waals surface area contributed by atoms with Crippen molar-refractivity contribution in [2.75, 3.05) is 38.1 Å². The van der Waals surface area contributed by atoms with Gasteiger partial charge in [-0.3, -0.25) is 4.79 Å². The van der Waals surface area contributed by atoms with Crippen LogP contribution in [0.5, 0.6) is 0 Å². The van der Waals surface area contributed by atoms with Crippen LogP contribution in [0.3, 0.4) is 0 Å². The Bertz CT molecular complexity index is 757. The summed E-state index contributed by atoms with van der Waals surface area (Å²) in [5.41, 5.74) is 1.39. The Morgan fingerprint density at radius 1 is 1.38 bits per heavy atom. The van der Waals surface area contributed by atoms with Gasteiger partial charge in [-0.05, 0) is 20.8 Å². The van der Waals surface area contributed by atoms with Gasteiger partial charge in [0, 0.05) is 56.3 Å². The SMILES string of the molecule is Cc1csc(CCN(C)c2cnc(C(=O)N3CCNC(C)(C)C3)cn2)n1. The van der Waals surface area contributed by atoms with Crippen molar-refractivity contribution < 1.29 is 4.79 Å². The standard InChI is InChI=1S/C18H26N6OS/c1-13-11-26-16(22-13)5-7-23(4)15-10-19-14(9-20-15)17(25)24-8-6-21-18(2,3)12-24/h9-11,21H,5-8,12H2,1-4H3. The van der Waals surface area contributed by atoms with E-state index in [0.717, 1.165) is 36.0 Å². The number of carbonyl (C=O) groups is 1. The maximum Gasteiger partial charge on any atom is 0.274 e. The van der Waals surface area contributed by atoms with Crippen LogP contribution in [0, 0.1) is 6.92 Å². The number of thiazole rings is 1. The first-order chi connectivity index (χ1) is 12.3. The van der Waals surface area contributed by atoms with Gasteiger partial charge in [-0.1, -0.05) is 0 Å². The van der Waals surface area contributed by atoms with Gasteiger partial charge in [-0.25, -0.2) is 15.0 Å². The smallest absolute Gasteiger partial charge is 0.274 e. The molecule has 0 atom stereocenters. The summed E-state index contributed by atoms with van der Waals surface area (Å²) in [6, 6.07) is 0. The Morgan fingerprint density at radius 2 is 2.19 bits per heavy atom. The van der Waals surface area contributed by atoms with E-state index in [9.17, 15) is 4.79 Å². The molecule has 3 rings (SSSR count). The first-order valence-electron chi connectivity index (χ1n) is 8.82. The molecule has 26 heavy (non-hydrogen) atoms. The van der Waals surface area contributed by atoms with Crippen LogP contribution in [-0.4, -0.2) is 64.5 Å². The number of likely N-dealkylation sites (N-methyl/N-ethyl adjacent to an activating group) is 1. The number of nitrogens with one attached hydrogen (secondary N) is 1. The Morgan fingerprint density at radius 3 is 2.81 bits per heavy atom. The Labute approximate surface area is 158 Å². The molecule has 1 aliphatic rings. The largest absolute Gasteiger partial charge is 0.358 e. The molecule has 0 saturated carbocycles. The second kappa shape index (κ2) is 7.67. The number of amides is 1. The van der Waals surface area contributed by atoms with Gasteiger partial charge in [-0.15, -0.1) is 11.3 Å². The van der Waals surface area contributed by atoms with Gasteiger partial charge in [-0.2, -0.15) is 0 Å². The molecular weight excluding hydrogens is 348 g/mol. The second-order valence-electron chi connectivity index (χ2n) is 7.35. The lowest BCUT2D eigenvalue weighted by atomic mass is 10.0. The van der Waals surface area contributed by atoms with Gasteiger partial charge >= 0.3 is 0 Å². The highest BCUT2D eigenvalue weighted by Crippen LogP contribution is 2.15. The van der Waals surface area contributed by atoms with Crippen LogP contribution < -0.4 is 10.2 Å². The van der Waals surface area contributed by atoms with E-state index in [4.69, 9.17) is 0 Å². The predicted molar refractivity (Wildman–Crippen MR) is 104 cm³/mol. The normalized spacial score (nSPS) is 16.5. The summed E-state index contributed by atoms with van der Waals surface area (Å²) in [4.78, 5) is 29.8. The maximum atomic E-state index is 12.7. The minimum atomic E-state index is -0.0737. The Balaban J connectivity index is 1.59. The van der Waals surface area contributed by atoms with Crippen LogP contribution >= 0.6 is 11.3 Å². The molecule has 0 aromatic carbocycles. The maximum absolute atomic E-state index is 12.7. The number of piperazine rings is 1. The monoisotopic (exact) mass is 374 g/mol. The molecule has 0 aliphatic carbocycles. The lowest BCUT2D eigenvalue weighted by Gasteiger charge is -2.38. The van der Waals surface area contributed by atoms with Crippen molar-refractivity contribution >= 4 is 23.1 Å². The molecule has 1 amide bonds. The third-order valence-corrected chi connectivity index (χ3v) is 5.46. The molecule has 2 aromatic rings. The third kappa shape index (κ3) is 4.56. The number of hydrogen-bond acceptors (Lipinski definition) is 7. The van der Waals surface area contributed by atoms with Crippen LogP contribution in [0.2, 0.25) is 0 Å². The van der Waals surface area contributed by atoms with Crippen LogP contribution in [-0.2, 0) is 6.42 Å². The van der Waals surface area contributed by atoms with Crippen molar-refractivity contribution in [2.24, 2.45) is 0 Å². The summed E-state index contributed by atoms with van der Waals surface area (Å²) in [7, 11) is 1.98. The highest BCUT2D eigenvalue weighted by atomic mass is 32.1. The molecule has 0 radical (unpaired) electrons. The van der Waals surface area contributed by atoms with Crippen molar-refractivity contribution in [3.8, 4) is 0 Å². The van der Waals surface area contributed by atoms with Crippen molar-refractivity contribution in [3.63, 3.8) is 0 Å². The van der Waals surface area contributed by atoms with E-state index in [2.05, 4.69) is 39.5 Å². The molecule has 3 heterocycles. The van der Waals surface area contributed by atoms with Gasteiger partial charge in [0.15, 0.2) is 0 Å². The zero-order valence-corrected chi connectivity index (χ0v) is 16.6. The zero-order chi connectivity index (χ0) is 18.7. The van der Waals surface area contributed by atoms with Crippen LogP contribution in [0.1, 0.15) is 35.0 Å². The van der Waals surface area contributed by atoms with Crippen molar-refractivity contribution in [1.82, 2.24) is 25.2 Å². The van der Waals surface area contributed by atoms with E-state index in [0.29, 0.717) is 18.8 Å². The number of hydrogen-bond donors (Lipinski definition) is 1. The van der Waals surface area contributed by atoms with Crippen molar-refractivity contribution in [3.05, 3.63) is 34.2 Å². The van der Waals surface area contributed by atoms with E-state index >= 15 is 0 Å². The topological polar surface area (TPSA) is 74.2 Å². The molecule has 1 saturated heterocycles. The van der Waals surface area contributed by atoms with Gasteiger partial charge in [0.2, 0.25) is 0 Å². The third-order valence-electron chi connectivity index (χ3n) is 4.43. The van der Waals surface area contributed by atoms with E-state index in [1.54, 1.807) is 23.7 Å². The summed E-state index contributed by atoms with van der Waals surface area (Å²) >= 11 is 1.68. The summed E-state index contributed by atoms with van der Waals surface area (Å²) < 4.78 is 0. The number of aryl methyl sites for hydroxylation is 1. The average molecular weight is 375 g/mol. The molecule has 1 aliphatic heterocycles. The van der Waals surface area contributed by atoms with E-state index in [1.807, 2.05) is 23.8 Å². The predicted octanol–water partition coefficient (Wildman–Crippen LogP) is 1.74. The number of anilines is 1. The van der Waals surface area contributed by atoms with Crippen LogP contribution in [0.4, 0.5) is 5.82 Å². The zero-order valence-electron chi connectivity index (χ0n) is 15.8.